The van der Waals surface area contributed by atoms with Crippen molar-refractivity contribution in [2.24, 2.45) is 12.0 Å². The van der Waals surface area contributed by atoms with Crippen molar-refractivity contribution in [3.8, 4) is 0 Å². The van der Waals surface area contributed by atoms with Gasteiger partial charge in [0.2, 0.25) is 11.8 Å². The Kier molecular flexibility index (Phi) is 7.05. The first kappa shape index (κ1) is 21.4. The van der Waals surface area contributed by atoms with Crippen LogP contribution in [0.25, 0.3) is 0 Å². The number of nitrogens with one attached hydrogen (secondary N) is 2. The summed E-state index contributed by atoms with van der Waals surface area (Å²) >= 11 is 0. The molecular weight excluding hydrogens is 382 g/mol. The van der Waals surface area contributed by atoms with Crippen LogP contribution in [0.15, 0.2) is 41.7 Å². The lowest BCUT2D eigenvalue weighted by Gasteiger charge is -2.35. The Bertz CT molecular complexity index is 922. The predicted molar refractivity (Wildman–Crippen MR) is 118 cm³/mol. The van der Waals surface area contributed by atoms with E-state index >= 15 is 0 Å². The van der Waals surface area contributed by atoms with E-state index in [9.17, 15) is 9.59 Å². The fourth-order valence-corrected chi connectivity index (χ4v) is 3.32. The third-order valence-electron chi connectivity index (χ3n) is 4.85. The van der Waals surface area contributed by atoms with Crippen molar-refractivity contribution >= 4 is 29.1 Å². The zero-order chi connectivity index (χ0) is 21.5. The smallest absolute Gasteiger partial charge is 0.246 e. The molecule has 0 atom stereocenters. The number of piperazine rings is 1. The molecule has 2 aromatic rings. The average Bonchev–Trinajstić information content (AvgIpc) is 3.17. The molecule has 3 rings (SSSR count). The topological polar surface area (TPSA) is 94.9 Å². The summed E-state index contributed by atoms with van der Waals surface area (Å²) in [6.45, 7) is 6.01. The SMILES string of the molecule is CCNC(=NCC(=O)Nc1cccc(CC)c1)N1CCN(c2cnn(C)c2)C(=O)C1. The minimum Gasteiger partial charge on any atom is -0.356 e. The van der Waals surface area contributed by atoms with Crippen molar-refractivity contribution in [1.29, 1.82) is 0 Å². The number of aryl methyl sites for hydroxylation is 2. The highest BCUT2D eigenvalue weighted by molar-refractivity contribution is 5.99. The molecular formula is C21H29N7O2. The van der Waals surface area contributed by atoms with E-state index < -0.39 is 0 Å². The van der Waals surface area contributed by atoms with Gasteiger partial charge in [-0.2, -0.15) is 5.10 Å². The lowest BCUT2D eigenvalue weighted by atomic mass is 10.1. The number of guanidine groups is 1. The molecule has 1 aliphatic heterocycles. The molecule has 2 amide bonds. The minimum absolute atomic E-state index is 0.0182. The summed E-state index contributed by atoms with van der Waals surface area (Å²) in [4.78, 5) is 33.1. The van der Waals surface area contributed by atoms with Gasteiger partial charge in [0.1, 0.15) is 13.1 Å². The predicted octanol–water partition coefficient (Wildman–Crippen LogP) is 1.24. The van der Waals surface area contributed by atoms with Crippen LogP contribution in [-0.4, -0.2) is 65.2 Å². The number of carbonyl (C=O) groups is 2. The van der Waals surface area contributed by atoms with Gasteiger partial charge < -0.3 is 20.4 Å². The van der Waals surface area contributed by atoms with Gasteiger partial charge in [-0.3, -0.25) is 14.3 Å². The standard InChI is InChI=1S/C21H29N7O2/c1-4-16-7-6-8-17(11-16)25-19(29)13-23-21(22-5-2)27-9-10-28(20(30)15-27)18-12-24-26(3)14-18/h6-8,11-12,14H,4-5,9-10,13,15H2,1-3H3,(H,22,23)(H,25,29). The molecule has 9 heteroatoms. The molecule has 160 valence electrons. The molecule has 1 aromatic heterocycles. The summed E-state index contributed by atoms with van der Waals surface area (Å²) in [6.07, 6.45) is 4.42. The number of hydrogen-bond donors (Lipinski definition) is 2. The maximum Gasteiger partial charge on any atom is 0.246 e. The van der Waals surface area contributed by atoms with E-state index in [4.69, 9.17) is 0 Å². The fraction of sp³-hybridized carbons (Fsp3) is 0.429. The average molecular weight is 412 g/mol. The van der Waals surface area contributed by atoms with E-state index in [-0.39, 0.29) is 24.9 Å². The lowest BCUT2D eigenvalue weighted by Crippen LogP contribution is -2.55. The number of amides is 2. The highest BCUT2D eigenvalue weighted by atomic mass is 16.2. The molecule has 1 saturated heterocycles. The van der Waals surface area contributed by atoms with Crippen molar-refractivity contribution in [3.63, 3.8) is 0 Å². The largest absolute Gasteiger partial charge is 0.356 e. The zero-order valence-corrected chi connectivity index (χ0v) is 17.8. The maximum atomic E-state index is 12.6. The van der Waals surface area contributed by atoms with Crippen molar-refractivity contribution in [1.82, 2.24) is 20.0 Å². The third kappa shape index (κ3) is 5.37. The van der Waals surface area contributed by atoms with E-state index in [0.29, 0.717) is 25.6 Å². The number of aromatic nitrogens is 2. The number of nitrogens with zero attached hydrogens (tertiary/aromatic N) is 5. The monoisotopic (exact) mass is 411 g/mol. The van der Waals surface area contributed by atoms with Gasteiger partial charge in [-0.25, -0.2) is 4.99 Å². The lowest BCUT2D eigenvalue weighted by molar-refractivity contribution is -0.120. The second-order valence-electron chi connectivity index (χ2n) is 7.11. The molecule has 0 bridgehead atoms. The first-order valence-electron chi connectivity index (χ1n) is 10.2. The summed E-state index contributed by atoms with van der Waals surface area (Å²) in [5.41, 5.74) is 2.72. The molecule has 0 unspecified atom stereocenters. The molecule has 30 heavy (non-hydrogen) atoms. The summed E-state index contributed by atoms with van der Waals surface area (Å²) in [6, 6.07) is 7.78. The Morgan fingerprint density at radius 1 is 1.27 bits per heavy atom. The molecule has 1 aliphatic rings. The van der Waals surface area contributed by atoms with Gasteiger partial charge in [0, 0.05) is 38.6 Å². The summed E-state index contributed by atoms with van der Waals surface area (Å²) in [5.74, 6) is 0.341. The first-order chi connectivity index (χ1) is 14.5. The van der Waals surface area contributed by atoms with E-state index in [1.54, 1.807) is 15.8 Å². The maximum absolute atomic E-state index is 12.6. The van der Waals surface area contributed by atoms with Gasteiger partial charge >= 0.3 is 0 Å². The molecule has 0 saturated carbocycles. The number of rotatable bonds is 6. The number of benzene rings is 1. The van der Waals surface area contributed by atoms with Crippen molar-refractivity contribution in [3.05, 3.63) is 42.2 Å². The van der Waals surface area contributed by atoms with Crippen LogP contribution < -0.4 is 15.5 Å². The van der Waals surface area contributed by atoms with Crippen molar-refractivity contribution in [2.45, 2.75) is 20.3 Å². The van der Waals surface area contributed by atoms with Gasteiger partial charge in [0.25, 0.3) is 0 Å². The summed E-state index contributed by atoms with van der Waals surface area (Å²) in [7, 11) is 1.82. The van der Waals surface area contributed by atoms with Crippen LogP contribution in [0.4, 0.5) is 11.4 Å². The zero-order valence-electron chi connectivity index (χ0n) is 17.8. The van der Waals surface area contributed by atoms with Crippen LogP contribution in [-0.2, 0) is 23.1 Å². The van der Waals surface area contributed by atoms with E-state index in [2.05, 4.69) is 27.6 Å². The van der Waals surface area contributed by atoms with Crippen LogP contribution in [0.1, 0.15) is 19.4 Å². The Morgan fingerprint density at radius 2 is 2.10 bits per heavy atom. The quantitative estimate of drug-likeness (QED) is 0.551. The van der Waals surface area contributed by atoms with Crippen molar-refractivity contribution in [2.75, 3.05) is 42.9 Å². The van der Waals surface area contributed by atoms with Crippen molar-refractivity contribution < 1.29 is 9.59 Å². The van der Waals surface area contributed by atoms with Crippen LogP contribution in [0.5, 0.6) is 0 Å². The minimum atomic E-state index is -0.195. The Hall–Kier alpha value is -3.36. The van der Waals surface area contributed by atoms with E-state index in [1.165, 1.54) is 0 Å². The van der Waals surface area contributed by atoms with Gasteiger partial charge in [0.15, 0.2) is 5.96 Å². The normalized spacial score (nSPS) is 14.8. The van der Waals surface area contributed by atoms with Gasteiger partial charge in [-0.05, 0) is 31.0 Å². The molecule has 1 aromatic carbocycles. The molecule has 2 heterocycles. The molecule has 0 aliphatic carbocycles. The fourth-order valence-electron chi connectivity index (χ4n) is 3.32. The third-order valence-corrected chi connectivity index (χ3v) is 4.85. The second-order valence-corrected chi connectivity index (χ2v) is 7.11. The Morgan fingerprint density at radius 3 is 2.77 bits per heavy atom. The summed E-state index contributed by atoms with van der Waals surface area (Å²) in [5, 5.41) is 10.2. The highest BCUT2D eigenvalue weighted by Crippen LogP contribution is 2.16. The summed E-state index contributed by atoms with van der Waals surface area (Å²) < 4.78 is 1.68. The Balaban J connectivity index is 1.61. The first-order valence-corrected chi connectivity index (χ1v) is 10.2. The highest BCUT2D eigenvalue weighted by Gasteiger charge is 2.27. The van der Waals surface area contributed by atoms with Crippen LogP contribution in [0.2, 0.25) is 0 Å². The van der Waals surface area contributed by atoms with E-state index in [0.717, 1.165) is 23.4 Å². The number of carbonyl (C=O) groups excluding carboxylic acids is 2. The Labute approximate surface area is 176 Å². The van der Waals surface area contributed by atoms with Crippen LogP contribution >= 0.6 is 0 Å². The second kappa shape index (κ2) is 9.91. The van der Waals surface area contributed by atoms with Gasteiger partial charge in [-0.15, -0.1) is 0 Å². The molecule has 0 spiro atoms. The molecule has 9 nitrogen and oxygen atoms in total. The molecule has 1 fully saturated rings. The molecule has 0 radical (unpaired) electrons. The number of anilines is 2. The number of aliphatic imine (C=N–C) groups is 1. The van der Waals surface area contributed by atoms with E-state index in [1.807, 2.05) is 49.3 Å². The molecule has 2 N–H and O–H groups in total. The van der Waals surface area contributed by atoms with Gasteiger partial charge in [-0.1, -0.05) is 19.1 Å². The number of hydrogen-bond acceptors (Lipinski definition) is 4. The van der Waals surface area contributed by atoms with Crippen LogP contribution in [0, 0.1) is 0 Å². The van der Waals surface area contributed by atoms with Crippen LogP contribution in [0.3, 0.4) is 0 Å². The van der Waals surface area contributed by atoms with Gasteiger partial charge in [0.05, 0.1) is 11.9 Å².